The molecule has 0 amide bonds. The molecule has 3 nitrogen and oxygen atoms in total. The van der Waals surface area contributed by atoms with Gasteiger partial charge < -0.3 is 10.8 Å². The average molecular weight is 185 g/mol. The fraction of sp³-hybridized carbons (Fsp3) is 0.900. The van der Waals surface area contributed by atoms with Gasteiger partial charge in [0.25, 0.3) is 0 Å². The third-order valence-electron chi connectivity index (χ3n) is 3.29. The molecule has 0 aromatic heterocycles. The van der Waals surface area contributed by atoms with Gasteiger partial charge in [-0.1, -0.05) is 13.8 Å². The summed E-state index contributed by atoms with van der Waals surface area (Å²) in [5.74, 6) is 0.629. The van der Waals surface area contributed by atoms with Crippen molar-refractivity contribution in [2.45, 2.75) is 33.1 Å². The molecule has 1 aliphatic rings. The Morgan fingerprint density at radius 3 is 2.46 bits per heavy atom. The molecule has 3 heteroatoms. The molecule has 0 unspecified atom stereocenters. The van der Waals surface area contributed by atoms with Crippen LogP contribution in [-0.4, -0.2) is 17.6 Å². The highest BCUT2D eigenvalue weighted by atomic mass is 16.4. The molecule has 0 bridgehead atoms. The lowest BCUT2D eigenvalue weighted by Crippen LogP contribution is -2.46. The zero-order chi connectivity index (χ0) is 10.1. The second kappa shape index (κ2) is 3.66. The van der Waals surface area contributed by atoms with Gasteiger partial charge in [-0.2, -0.15) is 0 Å². The van der Waals surface area contributed by atoms with E-state index in [1.807, 2.05) is 0 Å². The summed E-state index contributed by atoms with van der Waals surface area (Å²) in [5, 5.41) is 8.71. The summed E-state index contributed by atoms with van der Waals surface area (Å²) in [5.41, 5.74) is 5.53. The molecule has 1 rings (SSSR count). The largest absolute Gasteiger partial charge is 0.481 e. The molecule has 0 aromatic carbocycles. The Hall–Kier alpha value is -0.570. The lowest BCUT2D eigenvalue weighted by Gasteiger charge is -2.48. The topological polar surface area (TPSA) is 63.3 Å². The molecule has 3 N–H and O–H groups in total. The Kier molecular flexibility index (Phi) is 2.96. The minimum absolute atomic E-state index is 0.0826. The molecule has 1 fully saturated rings. The van der Waals surface area contributed by atoms with Gasteiger partial charge >= 0.3 is 5.97 Å². The fourth-order valence-electron chi connectivity index (χ4n) is 2.23. The van der Waals surface area contributed by atoms with E-state index in [9.17, 15) is 4.79 Å². The van der Waals surface area contributed by atoms with Crippen molar-refractivity contribution in [3.05, 3.63) is 0 Å². The average Bonchev–Trinajstić information content (AvgIpc) is 1.94. The van der Waals surface area contributed by atoms with E-state index in [1.165, 1.54) is 0 Å². The highest BCUT2D eigenvalue weighted by Gasteiger charge is 2.45. The van der Waals surface area contributed by atoms with E-state index >= 15 is 0 Å². The van der Waals surface area contributed by atoms with Crippen LogP contribution in [0.3, 0.4) is 0 Å². The van der Waals surface area contributed by atoms with Crippen LogP contribution in [0.4, 0.5) is 0 Å². The van der Waals surface area contributed by atoms with Crippen LogP contribution in [0, 0.1) is 17.3 Å². The van der Waals surface area contributed by atoms with Crippen LogP contribution < -0.4 is 5.73 Å². The minimum atomic E-state index is -0.715. The lowest BCUT2D eigenvalue weighted by molar-refractivity contribution is -0.142. The Balaban J connectivity index is 2.45. The maximum Gasteiger partial charge on any atom is 0.303 e. The predicted molar refractivity (Wildman–Crippen MR) is 51.3 cm³/mol. The van der Waals surface area contributed by atoms with Gasteiger partial charge in [0, 0.05) is 0 Å². The highest BCUT2D eigenvalue weighted by molar-refractivity contribution is 5.68. The Morgan fingerprint density at radius 1 is 1.62 bits per heavy atom. The highest BCUT2D eigenvalue weighted by Crippen LogP contribution is 2.50. The van der Waals surface area contributed by atoms with Crippen molar-refractivity contribution < 1.29 is 9.90 Å². The molecular formula is C10H19NO2. The van der Waals surface area contributed by atoms with Crippen molar-refractivity contribution in [1.82, 2.24) is 0 Å². The minimum Gasteiger partial charge on any atom is -0.481 e. The van der Waals surface area contributed by atoms with E-state index < -0.39 is 5.97 Å². The molecule has 0 spiro atoms. The normalized spacial score (nSPS) is 33.1. The first kappa shape index (κ1) is 10.5. The van der Waals surface area contributed by atoms with Crippen molar-refractivity contribution in [3.63, 3.8) is 0 Å². The summed E-state index contributed by atoms with van der Waals surface area (Å²) < 4.78 is 0. The Bertz CT molecular complexity index is 195. The third-order valence-corrected chi connectivity index (χ3v) is 3.29. The van der Waals surface area contributed by atoms with Crippen LogP contribution in [0.25, 0.3) is 0 Å². The van der Waals surface area contributed by atoms with Gasteiger partial charge in [0.15, 0.2) is 0 Å². The molecule has 76 valence electrons. The monoisotopic (exact) mass is 185 g/mol. The summed E-state index contributed by atoms with van der Waals surface area (Å²) in [4.78, 5) is 10.6. The number of carbonyl (C=O) groups is 1. The number of hydrogen-bond donors (Lipinski definition) is 2. The van der Waals surface area contributed by atoms with Crippen molar-refractivity contribution >= 4 is 5.97 Å². The Labute approximate surface area is 79.3 Å². The maximum absolute atomic E-state index is 10.6. The van der Waals surface area contributed by atoms with E-state index in [0.29, 0.717) is 18.4 Å². The summed E-state index contributed by atoms with van der Waals surface area (Å²) in [7, 11) is 0. The van der Waals surface area contributed by atoms with Gasteiger partial charge in [0.05, 0.1) is 6.42 Å². The van der Waals surface area contributed by atoms with Crippen LogP contribution in [0.5, 0.6) is 0 Å². The summed E-state index contributed by atoms with van der Waals surface area (Å²) >= 11 is 0. The fourth-order valence-corrected chi connectivity index (χ4v) is 2.23. The van der Waals surface area contributed by atoms with Crippen molar-refractivity contribution in [1.29, 1.82) is 0 Å². The summed E-state index contributed by atoms with van der Waals surface area (Å²) in [6.07, 6.45) is 2.23. The smallest absolute Gasteiger partial charge is 0.303 e. The molecule has 1 saturated carbocycles. The Morgan fingerprint density at radius 2 is 2.15 bits per heavy atom. The molecule has 13 heavy (non-hydrogen) atoms. The van der Waals surface area contributed by atoms with Crippen molar-refractivity contribution in [3.8, 4) is 0 Å². The molecule has 0 heterocycles. The van der Waals surface area contributed by atoms with Crippen LogP contribution in [0.2, 0.25) is 0 Å². The number of carboxylic acids is 1. The summed E-state index contributed by atoms with van der Waals surface area (Å²) in [6.45, 7) is 4.89. The quantitative estimate of drug-likeness (QED) is 0.697. The second-order valence-corrected chi connectivity index (χ2v) is 4.69. The van der Waals surface area contributed by atoms with E-state index in [-0.39, 0.29) is 11.8 Å². The number of nitrogens with two attached hydrogens (primary N) is 1. The molecule has 0 atom stereocenters. The molecule has 0 aromatic rings. The van der Waals surface area contributed by atoms with E-state index in [0.717, 1.165) is 12.8 Å². The van der Waals surface area contributed by atoms with Gasteiger partial charge in [-0.3, -0.25) is 4.79 Å². The number of hydrogen-bond acceptors (Lipinski definition) is 2. The first-order chi connectivity index (χ1) is 5.99. The van der Waals surface area contributed by atoms with Crippen LogP contribution in [0.1, 0.15) is 33.1 Å². The van der Waals surface area contributed by atoms with Crippen LogP contribution in [-0.2, 0) is 4.79 Å². The predicted octanol–water partition coefficient (Wildman–Crippen LogP) is 1.47. The van der Waals surface area contributed by atoms with Gasteiger partial charge in [-0.05, 0) is 36.6 Å². The van der Waals surface area contributed by atoms with Gasteiger partial charge in [0.1, 0.15) is 0 Å². The first-order valence-corrected chi connectivity index (χ1v) is 4.91. The first-order valence-electron chi connectivity index (χ1n) is 4.91. The van der Waals surface area contributed by atoms with E-state index in [2.05, 4.69) is 13.8 Å². The number of rotatable bonds is 4. The molecular weight excluding hydrogens is 166 g/mol. The van der Waals surface area contributed by atoms with Crippen LogP contribution >= 0.6 is 0 Å². The third kappa shape index (κ3) is 2.21. The van der Waals surface area contributed by atoms with Gasteiger partial charge in [-0.15, -0.1) is 0 Å². The maximum atomic E-state index is 10.6. The molecule has 1 aliphatic carbocycles. The molecule has 0 radical (unpaired) electrons. The molecule has 0 aliphatic heterocycles. The van der Waals surface area contributed by atoms with Crippen molar-refractivity contribution in [2.24, 2.45) is 23.0 Å². The SMILES string of the molecule is CC(C)C1CC(CN)(CC(=O)O)C1. The van der Waals surface area contributed by atoms with Crippen molar-refractivity contribution in [2.75, 3.05) is 6.54 Å². The second-order valence-electron chi connectivity index (χ2n) is 4.69. The lowest BCUT2D eigenvalue weighted by atomic mass is 9.57. The van der Waals surface area contributed by atoms with E-state index in [1.54, 1.807) is 0 Å². The standard InChI is InChI=1S/C10H19NO2/c1-7(2)8-3-10(4-8,6-11)5-9(12)13/h7-8H,3-6,11H2,1-2H3,(H,12,13). The zero-order valence-corrected chi connectivity index (χ0v) is 8.42. The summed E-state index contributed by atoms with van der Waals surface area (Å²) in [6, 6.07) is 0. The van der Waals surface area contributed by atoms with Gasteiger partial charge in [-0.25, -0.2) is 0 Å². The molecule has 0 saturated heterocycles. The van der Waals surface area contributed by atoms with Crippen LogP contribution in [0.15, 0.2) is 0 Å². The zero-order valence-electron chi connectivity index (χ0n) is 8.42. The number of aliphatic carboxylic acids is 1. The van der Waals surface area contributed by atoms with Gasteiger partial charge in [0.2, 0.25) is 0 Å². The van der Waals surface area contributed by atoms with E-state index in [4.69, 9.17) is 10.8 Å². The number of carboxylic acid groups (broad SMARTS) is 1.